The van der Waals surface area contributed by atoms with E-state index >= 15 is 0 Å². The molecule has 3 rings (SSSR count). The van der Waals surface area contributed by atoms with E-state index in [4.69, 9.17) is 0 Å². The zero-order valence-electron chi connectivity index (χ0n) is 16.0. The van der Waals surface area contributed by atoms with Crippen LogP contribution in [0.1, 0.15) is 16.7 Å². The Morgan fingerprint density at radius 3 is 2.23 bits per heavy atom. The smallest absolute Gasteiger partial charge is 0.265 e. The molecule has 0 saturated heterocycles. The van der Waals surface area contributed by atoms with Crippen molar-refractivity contribution in [2.24, 2.45) is 0 Å². The van der Waals surface area contributed by atoms with Crippen LogP contribution in [0.4, 0.5) is 27.6 Å². The summed E-state index contributed by atoms with van der Waals surface area (Å²) >= 11 is 0. The van der Waals surface area contributed by atoms with E-state index in [1.54, 1.807) is 18.2 Å². The molecule has 0 aliphatic rings. The predicted molar refractivity (Wildman–Crippen MR) is 106 cm³/mol. The fraction of sp³-hybridized carbons (Fsp3) is 0.190. The molecule has 2 aromatic carbocycles. The fourth-order valence-electron chi connectivity index (χ4n) is 3.00. The normalized spacial score (nSPS) is 12.0. The number of benzene rings is 2. The van der Waals surface area contributed by atoms with Crippen LogP contribution in [0.3, 0.4) is 0 Å². The highest BCUT2D eigenvalue weighted by molar-refractivity contribution is 7.92. The third kappa shape index (κ3) is 6.24. The summed E-state index contributed by atoms with van der Waals surface area (Å²) in [6.07, 6.45) is -1.97. The minimum Gasteiger partial charge on any atom is -0.265 e. The molecular formula is C21H17F5N2O2S. The van der Waals surface area contributed by atoms with Gasteiger partial charge in [-0.25, -0.2) is 17.2 Å². The number of hydrogen-bond donors (Lipinski definition) is 0. The minimum atomic E-state index is -4.92. The second-order valence-corrected chi connectivity index (χ2v) is 8.73. The van der Waals surface area contributed by atoms with Crippen molar-refractivity contribution in [1.82, 2.24) is 4.98 Å². The van der Waals surface area contributed by atoms with Crippen LogP contribution in [0.25, 0.3) is 0 Å². The van der Waals surface area contributed by atoms with E-state index < -0.39 is 33.6 Å². The molecule has 10 heteroatoms. The number of halogens is 5. The largest absolute Gasteiger partial charge is 0.404 e. The van der Waals surface area contributed by atoms with Crippen molar-refractivity contribution in [2.45, 2.75) is 19.1 Å². The zero-order valence-corrected chi connectivity index (χ0v) is 16.8. The number of alkyl halides is 3. The topological polar surface area (TPSA) is 50.3 Å². The molecule has 0 amide bonds. The third-order valence-electron chi connectivity index (χ3n) is 4.32. The van der Waals surface area contributed by atoms with Crippen LogP contribution < -0.4 is 4.31 Å². The van der Waals surface area contributed by atoms with Gasteiger partial charge >= 0.3 is 6.18 Å². The second-order valence-electron chi connectivity index (χ2n) is 6.83. The Bertz CT molecular complexity index is 1150. The maximum atomic E-state index is 13.5. The first kappa shape index (κ1) is 22.7. The Hall–Kier alpha value is -3.01. The van der Waals surface area contributed by atoms with Crippen LogP contribution >= 0.6 is 0 Å². The molecule has 3 aromatic rings. The van der Waals surface area contributed by atoms with Gasteiger partial charge in [0.2, 0.25) is 10.0 Å². The van der Waals surface area contributed by atoms with E-state index in [0.717, 1.165) is 12.1 Å². The molecule has 0 aliphatic heterocycles. The molecule has 0 radical (unpaired) electrons. The number of sulfonamides is 1. The molecule has 0 aliphatic carbocycles. The van der Waals surface area contributed by atoms with Crippen LogP contribution in [0.2, 0.25) is 0 Å². The molecule has 0 spiro atoms. The van der Waals surface area contributed by atoms with E-state index in [0.29, 0.717) is 21.0 Å². The fourth-order valence-corrected chi connectivity index (χ4v) is 4.35. The molecule has 1 aromatic heterocycles. The summed E-state index contributed by atoms with van der Waals surface area (Å²) in [4.78, 5) is 3.87. The molecule has 0 atom stereocenters. The van der Waals surface area contributed by atoms with Gasteiger partial charge in [-0.1, -0.05) is 24.3 Å². The maximum Gasteiger partial charge on any atom is 0.404 e. The molecule has 4 nitrogen and oxygen atoms in total. The Labute approximate surface area is 176 Å². The average molecular weight is 456 g/mol. The van der Waals surface area contributed by atoms with Gasteiger partial charge in [-0.05, 0) is 53.4 Å². The highest BCUT2D eigenvalue weighted by Gasteiger charge is 2.38. The van der Waals surface area contributed by atoms with Crippen LogP contribution in [0.15, 0.2) is 67.0 Å². The van der Waals surface area contributed by atoms with Crippen molar-refractivity contribution >= 4 is 15.7 Å². The average Bonchev–Trinajstić information content (AvgIpc) is 2.68. The van der Waals surface area contributed by atoms with Crippen molar-refractivity contribution in [3.63, 3.8) is 0 Å². The highest BCUT2D eigenvalue weighted by atomic mass is 32.2. The molecule has 31 heavy (non-hydrogen) atoms. The molecular weight excluding hydrogens is 439 g/mol. The Morgan fingerprint density at radius 2 is 1.58 bits per heavy atom. The molecule has 0 fully saturated rings. The van der Waals surface area contributed by atoms with Crippen LogP contribution in [-0.2, 0) is 23.0 Å². The number of aromatic nitrogens is 1. The van der Waals surface area contributed by atoms with Gasteiger partial charge in [-0.2, -0.15) is 13.2 Å². The lowest BCUT2D eigenvalue weighted by Crippen LogP contribution is -2.37. The van der Waals surface area contributed by atoms with Crippen molar-refractivity contribution in [2.75, 3.05) is 10.1 Å². The number of pyridine rings is 1. The van der Waals surface area contributed by atoms with E-state index in [1.807, 2.05) is 0 Å². The molecule has 0 bridgehead atoms. The van der Waals surface area contributed by atoms with Crippen LogP contribution in [-0.4, -0.2) is 25.3 Å². The molecule has 0 N–H and O–H groups in total. The first-order valence-electron chi connectivity index (χ1n) is 9.02. The number of hydrogen-bond acceptors (Lipinski definition) is 3. The van der Waals surface area contributed by atoms with E-state index in [-0.39, 0.29) is 18.7 Å². The lowest BCUT2D eigenvalue weighted by Gasteiger charge is -2.25. The number of rotatable bonds is 7. The summed E-state index contributed by atoms with van der Waals surface area (Å²) in [7, 11) is -4.76. The van der Waals surface area contributed by atoms with E-state index in [2.05, 4.69) is 4.98 Å². The Kier molecular flexibility index (Phi) is 6.59. The van der Waals surface area contributed by atoms with Gasteiger partial charge in [0.1, 0.15) is 0 Å². The SMILES string of the molecule is O=S(=O)(CC(F)(F)F)N(Cc1cccnc1)c1cccc(Cc2ccc(F)c(F)c2)c1. The van der Waals surface area contributed by atoms with Gasteiger partial charge < -0.3 is 0 Å². The molecule has 0 unspecified atom stereocenters. The monoisotopic (exact) mass is 456 g/mol. The lowest BCUT2D eigenvalue weighted by atomic mass is 10.0. The van der Waals surface area contributed by atoms with Crippen molar-refractivity contribution in [1.29, 1.82) is 0 Å². The first-order valence-corrected chi connectivity index (χ1v) is 10.6. The van der Waals surface area contributed by atoms with Crippen molar-refractivity contribution in [3.8, 4) is 0 Å². The van der Waals surface area contributed by atoms with E-state index in [1.165, 1.54) is 36.7 Å². The van der Waals surface area contributed by atoms with Gasteiger partial charge in [-0.3, -0.25) is 9.29 Å². The highest BCUT2D eigenvalue weighted by Crippen LogP contribution is 2.27. The Morgan fingerprint density at radius 1 is 0.871 bits per heavy atom. The maximum absolute atomic E-state index is 13.5. The third-order valence-corrected chi connectivity index (χ3v) is 6.03. The minimum absolute atomic E-state index is 0.0215. The summed E-state index contributed by atoms with van der Waals surface area (Å²) < 4.78 is 91.2. The standard InChI is InChI=1S/C21H17F5N2O2S/c22-19-7-6-16(11-20(19)23)9-15-3-1-5-18(10-15)28(13-17-4-2-8-27-12-17)31(29,30)14-21(24,25)26/h1-8,10-12H,9,13-14H2. The van der Waals surface area contributed by atoms with Gasteiger partial charge in [0.05, 0.1) is 12.2 Å². The summed E-state index contributed by atoms with van der Waals surface area (Å²) in [6, 6.07) is 12.3. The van der Waals surface area contributed by atoms with Gasteiger partial charge in [0.25, 0.3) is 0 Å². The summed E-state index contributed by atoms with van der Waals surface area (Å²) in [5.41, 5.74) is 1.36. The van der Waals surface area contributed by atoms with E-state index in [9.17, 15) is 30.4 Å². The van der Waals surface area contributed by atoms with Crippen molar-refractivity contribution in [3.05, 3.63) is 95.3 Å². The molecule has 0 saturated carbocycles. The predicted octanol–water partition coefficient (Wildman–Crippen LogP) is 4.85. The summed E-state index contributed by atoms with van der Waals surface area (Å²) in [5.74, 6) is -4.05. The lowest BCUT2D eigenvalue weighted by molar-refractivity contribution is -0.106. The quantitative estimate of drug-likeness (QED) is 0.478. The second kappa shape index (κ2) is 9.01. The van der Waals surface area contributed by atoms with Gasteiger partial charge in [0.15, 0.2) is 17.4 Å². The Balaban J connectivity index is 1.96. The number of nitrogens with zero attached hydrogens (tertiary/aromatic N) is 2. The summed E-state index contributed by atoms with van der Waals surface area (Å²) in [5, 5.41) is 0. The first-order chi connectivity index (χ1) is 14.5. The zero-order chi connectivity index (χ0) is 22.6. The van der Waals surface area contributed by atoms with Crippen LogP contribution in [0.5, 0.6) is 0 Å². The molecule has 1 heterocycles. The summed E-state index contributed by atoms with van der Waals surface area (Å²) in [6.45, 7) is -0.346. The van der Waals surface area contributed by atoms with Gasteiger partial charge in [0, 0.05) is 12.4 Å². The van der Waals surface area contributed by atoms with Crippen molar-refractivity contribution < 1.29 is 30.4 Å². The van der Waals surface area contributed by atoms with Gasteiger partial charge in [-0.15, -0.1) is 0 Å². The number of anilines is 1. The molecule has 164 valence electrons. The van der Waals surface area contributed by atoms with Crippen LogP contribution in [0, 0.1) is 11.6 Å².